The number of fused-ring (bicyclic) bond motifs is 1. The molecule has 0 spiro atoms. The number of benzene rings is 1. The molecule has 0 unspecified atom stereocenters. The third kappa shape index (κ3) is 2.24. The topological polar surface area (TPSA) is 9.23 Å². The summed E-state index contributed by atoms with van der Waals surface area (Å²) in [6.07, 6.45) is 4.62. The lowest BCUT2D eigenvalue weighted by atomic mass is 10.0. The van der Waals surface area contributed by atoms with Gasteiger partial charge in [0.1, 0.15) is 5.75 Å². The molecule has 0 amide bonds. The number of hydrogen-bond donors (Lipinski definition) is 1. The predicted octanol–water partition coefficient (Wildman–Crippen LogP) is 2.87. The van der Waals surface area contributed by atoms with E-state index in [1.54, 1.807) is 0 Å². The number of hydrogen-bond acceptors (Lipinski definition) is 2. The van der Waals surface area contributed by atoms with Gasteiger partial charge in [0.25, 0.3) is 0 Å². The van der Waals surface area contributed by atoms with Crippen molar-refractivity contribution < 1.29 is 4.74 Å². The molecule has 1 aliphatic rings. The molecule has 0 fully saturated rings. The van der Waals surface area contributed by atoms with Gasteiger partial charge in [-0.05, 0) is 48.6 Å². The highest BCUT2D eigenvalue weighted by molar-refractivity contribution is 7.80. The van der Waals surface area contributed by atoms with Crippen molar-refractivity contribution in [3.05, 3.63) is 29.3 Å². The van der Waals surface area contributed by atoms with Crippen molar-refractivity contribution in [3.8, 4) is 5.75 Å². The molecule has 1 aromatic rings. The minimum absolute atomic E-state index is 0.878. The second kappa shape index (κ2) is 4.74. The minimum Gasteiger partial charge on any atom is -0.493 e. The standard InChI is InChI=1S/C12H16OS/c14-8-2-3-10-5-6-12-11(9-10)4-1-7-13-12/h5-6,9,14H,1-4,7-8H2. The van der Waals surface area contributed by atoms with Gasteiger partial charge in [-0.3, -0.25) is 0 Å². The highest BCUT2D eigenvalue weighted by Gasteiger charge is 2.09. The molecular formula is C12H16OS. The van der Waals surface area contributed by atoms with Crippen LogP contribution in [0.3, 0.4) is 0 Å². The van der Waals surface area contributed by atoms with Crippen LogP contribution in [0.15, 0.2) is 18.2 Å². The van der Waals surface area contributed by atoms with Crippen LogP contribution in [0.4, 0.5) is 0 Å². The summed E-state index contributed by atoms with van der Waals surface area (Å²) in [4.78, 5) is 0. The second-order valence-corrected chi connectivity index (χ2v) is 4.17. The Kier molecular flexibility index (Phi) is 3.35. The lowest BCUT2D eigenvalue weighted by Crippen LogP contribution is -2.08. The Morgan fingerprint density at radius 3 is 3.14 bits per heavy atom. The van der Waals surface area contributed by atoms with Crippen LogP contribution < -0.4 is 4.74 Å². The van der Waals surface area contributed by atoms with Gasteiger partial charge in [0.05, 0.1) is 6.61 Å². The van der Waals surface area contributed by atoms with Gasteiger partial charge in [0.15, 0.2) is 0 Å². The van der Waals surface area contributed by atoms with Gasteiger partial charge >= 0.3 is 0 Å². The molecule has 1 heterocycles. The van der Waals surface area contributed by atoms with Gasteiger partial charge in [0, 0.05) is 0 Å². The van der Waals surface area contributed by atoms with E-state index in [4.69, 9.17) is 4.74 Å². The van der Waals surface area contributed by atoms with E-state index in [-0.39, 0.29) is 0 Å². The summed E-state index contributed by atoms with van der Waals surface area (Å²) in [6.45, 7) is 0.878. The number of ether oxygens (including phenoxy) is 1. The molecule has 1 nitrogen and oxygen atoms in total. The summed E-state index contributed by atoms with van der Waals surface area (Å²) in [7, 11) is 0. The molecule has 0 bridgehead atoms. The maximum atomic E-state index is 5.57. The quantitative estimate of drug-likeness (QED) is 0.751. The van der Waals surface area contributed by atoms with Crippen LogP contribution in [0.2, 0.25) is 0 Å². The van der Waals surface area contributed by atoms with Gasteiger partial charge in [-0.2, -0.15) is 12.6 Å². The van der Waals surface area contributed by atoms with Crippen LogP contribution in [-0.4, -0.2) is 12.4 Å². The molecule has 0 atom stereocenters. The van der Waals surface area contributed by atoms with Crippen molar-refractivity contribution in [3.63, 3.8) is 0 Å². The van der Waals surface area contributed by atoms with Crippen LogP contribution in [0.1, 0.15) is 24.0 Å². The fourth-order valence-corrected chi connectivity index (χ4v) is 2.01. The van der Waals surface area contributed by atoms with Crippen LogP contribution >= 0.6 is 12.6 Å². The molecule has 1 aromatic carbocycles. The smallest absolute Gasteiger partial charge is 0.122 e. The van der Waals surface area contributed by atoms with Crippen LogP contribution in [0, 0.1) is 0 Å². The van der Waals surface area contributed by atoms with Crippen LogP contribution in [-0.2, 0) is 12.8 Å². The normalized spacial score (nSPS) is 14.6. The molecular weight excluding hydrogens is 192 g/mol. The molecule has 0 aromatic heterocycles. The van der Waals surface area contributed by atoms with Gasteiger partial charge in [-0.1, -0.05) is 12.1 Å². The van der Waals surface area contributed by atoms with Gasteiger partial charge in [0.2, 0.25) is 0 Å². The molecule has 2 heteroatoms. The van der Waals surface area contributed by atoms with Gasteiger partial charge in [-0.15, -0.1) is 0 Å². The molecule has 14 heavy (non-hydrogen) atoms. The van der Waals surface area contributed by atoms with Gasteiger partial charge < -0.3 is 4.74 Å². The van der Waals surface area contributed by atoms with Crippen molar-refractivity contribution in [1.82, 2.24) is 0 Å². The first-order valence-corrected chi connectivity index (χ1v) is 5.89. The molecule has 1 aliphatic heterocycles. The van der Waals surface area contributed by atoms with Crippen molar-refractivity contribution in [2.24, 2.45) is 0 Å². The Hall–Kier alpha value is -0.630. The SMILES string of the molecule is SCCCc1ccc2c(c1)CCCO2. The molecule has 0 saturated carbocycles. The van der Waals surface area contributed by atoms with E-state index >= 15 is 0 Å². The summed E-state index contributed by atoms with van der Waals surface area (Å²) in [5, 5.41) is 0. The highest BCUT2D eigenvalue weighted by atomic mass is 32.1. The van der Waals surface area contributed by atoms with Crippen molar-refractivity contribution >= 4 is 12.6 Å². The summed E-state index contributed by atoms with van der Waals surface area (Å²) in [6, 6.07) is 6.58. The van der Waals surface area contributed by atoms with Gasteiger partial charge in [-0.25, -0.2) is 0 Å². The summed E-state index contributed by atoms with van der Waals surface area (Å²) >= 11 is 4.22. The monoisotopic (exact) mass is 208 g/mol. The van der Waals surface area contributed by atoms with E-state index < -0.39 is 0 Å². The first kappa shape index (κ1) is 9.91. The Morgan fingerprint density at radius 1 is 1.36 bits per heavy atom. The zero-order valence-electron chi connectivity index (χ0n) is 8.33. The molecule has 0 N–H and O–H groups in total. The van der Waals surface area contributed by atoms with E-state index in [1.807, 2.05) is 0 Å². The fraction of sp³-hybridized carbons (Fsp3) is 0.500. The van der Waals surface area contributed by atoms with Crippen LogP contribution in [0.5, 0.6) is 5.75 Å². The van der Waals surface area contributed by atoms with Crippen molar-refractivity contribution in [2.75, 3.05) is 12.4 Å². The maximum Gasteiger partial charge on any atom is 0.122 e. The Balaban J connectivity index is 2.12. The lowest BCUT2D eigenvalue weighted by molar-refractivity contribution is 0.288. The predicted molar refractivity (Wildman–Crippen MR) is 62.4 cm³/mol. The zero-order valence-corrected chi connectivity index (χ0v) is 9.22. The second-order valence-electron chi connectivity index (χ2n) is 3.72. The van der Waals surface area contributed by atoms with E-state index in [0.29, 0.717) is 0 Å². The highest BCUT2D eigenvalue weighted by Crippen LogP contribution is 2.25. The van der Waals surface area contributed by atoms with E-state index in [2.05, 4.69) is 30.8 Å². The molecule has 0 saturated heterocycles. The zero-order chi connectivity index (χ0) is 9.80. The molecule has 2 rings (SSSR count). The lowest BCUT2D eigenvalue weighted by Gasteiger charge is -2.17. The van der Waals surface area contributed by atoms with E-state index in [0.717, 1.165) is 37.4 Å². The number of rotatable bonds is 3. The molecule has 0 aliphatic carbocycles. The van der Waals surface area contributed by atoms with E-state index in [9.17, 15) is 0 Å². The number of aryl methyl sites for hydroxylation is 2. The summed E-state index contributed by atoms with van der Waals surface area (Å²) in [5.41, 5.74) is 2.80. The van der Waals surface area contributed by atoms with Crippen molar-refractivity contribution in [1.29, 1.82) is 0 Å². The first-order valence-electron chi connectivity index (χ1n) is 5.25. The third-order valence-corrected chi connectivity index (χ3v) is 2.91. The van der Waals surface area contributed by atoms with Crippen LogP contribution in [0.25, 0.3) is 0 Å². The summed E-state index contributed by atoms with van der Waals surface area (Å²) in [5.74, 6) is 2.05. The fourth-order valence-electron chi connectivity index (χ4n) is 1.85. The minimum atomic E-state index is 0.878. The summed E-state index contributed by atoms with van der Waals surface area (Å²) < 4.78 is 5.57. The van der Waals surface area contributed by atoms with E-state index in [1.165, 1.54) is 17.5 Å². The molecule has 76 valence electrons. The Bertz CT molecular complexity index is 309. The average Bonchev–Trinajstić information content (AvgIpc) is 2.26. The third-order valence-electron chi connectivity index (χ3n) is 2.60. The first-order chi connectivity index (χ1) is 6.90. The largest absolute Gasteiger partial charge is 0.493 e. The Labute approximate surface area is 90.9 Å². The molecule has 0 radical (unpaired) electrons. The maximum absolute atomic E-state index is 5.57. The number of thiol groups is 1. The Morgan fingerprint density at radius 2 is 2.29 bits per heavy atom. The average molecular weight is 208 g/mol. The van der Waals surface area contributed by atoms with Crippen molar-refractivity contribution in [2.45, 2.75) is 25.7 Å².